The molecule has 20 heavy (non-hydrogen) atoms. The molecule has 0 saturated carbocycles. The van der Waals surface area contributed by atoms with E-state index in [9.17, 15) is 9.50 Å². The lowest BCUT2D eigenvalue weighted by molar-refractivity contribution is 0.465. The third-order valence-electron chi connectivity index (χ3n) is 4.12. The number of hydrogen-bond acceptors (Lipinski definition) is 2. The van der Waals surface area contributed by atoms with Crippen molar-refractivity contribution in [3.05, 3.63) is 58.9 Å². The Balaban J connectivity index is 2.00. The van der Waals surface area contributed by atoms with E-state index in [0.717, 1.165) is 12.0 Å². The minimum atomic E-state index is -0.263. The standard InChI is InChI=1S/C17H18FNO/c1-10-7-8-15(20)17-14(9-11(2)16(10)17)19-13-6-4-3-5-12(13)18/h3-8,11,14,19-20H,9H2,1-2H3. The molecule has 1 aliphatic carbocycles. The van der Waals surface area contributed by atoms with E-state index in [-0.39, 0.29) is 11.9 Å². The lowest BCUT2D eigenvalue weighted by Gasteiger charge is -2.17. The number of aryl methyl sites for hydroxylation is 1. The number of para-hydroxylation sites is 1. The number of rotatable bonds is 2. The summed E-state index contributed by atoms with van der Waals surface area (Å²) >= 11 is 0. The van der Waals surface area contributed by atoms with Gasteiger partial charge in [-0.05, 0) is 48.6 Å². The van der Waals surface area contributed by atoms with Crippen molar-refractivity contribution in [2.45, 2.75) is 32.2 Å². The monoisotopic (exact) mass is 271 g/mol. The van der Waals surface area contributed by atoms with E-state index >= 15 is 0 Å². The largest absolute Gasteiger partial charge is 0.508 e. The van der Waals surface area contributed by atoms with Crippen molar-refractivity contribution in [1.29, 1.82) is 0 Å². The number of phenols is 1. The SMILES string of the molecule is Cc1ccc(O)c2c1C(C)CC2Nc1ccccc1F. The van der Waals surface area contributed by atoms with Gasteiger partial charge in [-0.2, -0.15) is 0 Å². The van der Waals surface area contributed by atoms with Crippen LogP contribution in [0.25, 0.3) is 0 Å². The Kier molecular flexibility index (Phi) is 3.13. The molecule has 0 fully saturated rings. The first-order chi connectivity index (χ1) is 9.58. The number of aromatic hydroxyl groups is 1. The van der Waals surface area contributed by atoms with Crippen LogP contribution in [0.5, 0.6) is 5.75 Å². The van der Waals surface area contributed by atoms with Crippen LogP contribution in [-0.2, 0) is 0 Å². The van der Waals surface area contributed by atoms with Gasteiger partial charge in [0.15, 0.2) is 0 Å². The minimum Gasteiger partial charge on any atom is -0.508 e. The molecule has 3 rings (SSSR count). The molecule has 2 aromatic carbocycles. The second-order valence-corrected chi connectivity index (χ2v) is 5.54. The highest BCUT2D eigenvalue weighted by Crippen LogP contribution is 2.47. The summed E-state index contributed by atoms with van der Waals surface area (Å²) in [7, 11) is 0. The molecule has 1 aliphatic rings. The topological polar surface area (TPSA) is 32.3 Å². The van der Waals surface area contributed by atoms with Crippen molar-refractivity contribution < 1.29 is 9.50 Å². The molecular weight excluding hydrogens is 253 g/mol. The maximum atomic E-state index is 13.8. The van der Waals surface area contributed by atoms with Crippen molar-refractivity contribution in [3.8, 4) is 5.75 Å². The first kappa shape index (κ1) is 13.0. The third kappa shape index (κ3) is 2.03. The minimum absolute atomic E-state index is 0.0446. The summed E-state index contributed by atoms with van der Waals surface area (Å²) in [5.74, 6) is 0.394. The van der Waals surface area contributed by atoms with Gasteiger partial charge in [0.1, 0.15) is 11.6 Å². The van der Waals surface area contributed by atoms with Gasteiger partial charge < -0.3 is 10.4 Å². The normalized spacial score (nSPS) is 20.8. The molecule has 0 saturated heterocycles. The second kappa shape index (κ2) is 4.82. The Labute approximate surface area is 118 Å². The number of nitrogens with one attached hydrogen (secondary N) is 1. The van der Waals surface area contributed by atoms with Crippen LogP contribution < -0.4 is 5.32 Å². The van der Waals surface area contributed by atoms with Gasteiger partial charge in [-0.25, -0.2) is 4.39 Å². The summed E-state index contributed by atoms with van der Waals surface area (Å²) in [6, 6.07) is 10.3. The molecule has 0 aromatic heterocycles. The zero-order valence-electron chi connectivity index (χ0n) is 11.7. The molecule has 104 valence electrons. The summed E-state index contributed by atoms with van der Waals surface area (Å²) in [5.41, 5.74) is 3.78. The van der Waals surface area contributed by atoms with Gasteiger partial charge >= 0.3 is 0 Å². The molecule has 0 radical (unpaired) electrons. The van der Waals surface area contributed by atoms with Crippen LogP contribution >= 0.6 is 0 Å². The summed E-state index contributed by atoms with van der Waals surface area (Å²) < 4.78 is 13.8. The van der Waals surface area contributed by atoms with Crippen LogP contribution in [0, 0.1) is 12.7 Å². The fraction of sp³-hybridized carbons (Fsp3) is 0.294. The molecule has 0 bridgehead atoms. The Bertz CT molecular complexity index is 653. The van der Waals surface area contributed by atoms with Gasteiger partial charge in [0.25, 0.3) is 0 Å². The molecule has 3 heteroatoms. The van der Waals surface area contributed by atoms with E-state index in [1.54, 1.807) is 24.3 Å². The van der Waals surface area contributed by atoms with Crippen LogP contribution in [0.15, 0.2) is 36.4 Å². The number of fused-ring (bicyclic) bond motifs is 1. The van der Waals surface area contributed by atoms with Crippen molar-refractivity contribution in [3.63, 3.8) is 0 Å². The maximum Gasteiger partial charge on any atom is 0.146 e. The highest BCUT2D eigenvalue weighted by molar-refractivity contribution is 5.56. The van der Waals surface area contributed by atoms with Gasteiger partial charge in [-0.1, -0.05) is 25.1 Å². The zero-order chi connectivity index (χ0) is 14.3. The number of hydrogen-bond donors (Lipinski definition) is 2. The van der Waals surface area contributed by atoms with E-state index in [4.69, 9.17) is 0 Å². The van der Waals surface area contributed by atoms with E-state index in [2.05, 4.69) is 19.2 Å². The van der Waals surface area contributed by atoms with E-state index in [1.807, 2.05) is 6.07 Å². The van der Waals surface area contributed by atoms with Crippen LogP contribution in [0.1, 0.15) is 42.0 Å². The molecule has 2 unspecified atom stereocenters. The molecule has 0 amide bonds. The molecule has 0 aliphatic heterocycles. The van der Waals surface area contributed by atoms with E-state index in [0.29, 0.717) is 17.4 Å². The first-order valence-electron chi connectivity index (χ1n) is 6.91. The molecule has 2 nitrogen and oxygen atoms in total. The Morgan fingerprint density at radius 2 is 1.90 bits per heavy atom. The summed E-state index contributed by atoms with van der Waals surface area (Å²) in [6.45, 7) is 4.20. The number of halogens is 1. The molecule has 2 atom stereocenters. The van der Waals surface area contributed by atoms with Gasteiger partial charge in [0, 0.05) is 5.56 Å². The molecular formula is C17H18FNO. The lowest BCUT2D eigenvalue weighted by Crippen LogP contribution is -2.08. The van der Waals surface area contributed by atoms with Gasteiger partial charge in [-0.15, -0.1) is 0 Å². The lowest BCUT2D eigenvalue weighted by atomic mass is 9.97. The van der Waals surface area contributed by atoms with Gasteiger partial charge in [-0.3, -0.25) is 0 Å². The highest BCUT2D eigenvalue weighted by Gasteiger charge is 2.32. The number of anilines is 1. The average Bonchev–Trinajstić information content (AvgIpc) is 2.75. The van der Waals surface area contributed by atoms with Crippen molar-refractivity contribution in [1.82, 2.24) is 0 Å². The first-order valence-corrected chi connectivity index (χ1v) is 6.91. The Morgan fingerprint density at radius 3 is 2.65 bits per heavy atom. The second-order valence-electron chi connectivity index (χ2n) is 5.54. The number of phenolic OH excluding ortho intramolecular Hbond substituents is 1. The predicted octanol–water partition coefficient (Wildman–Crippen LogP) is 4.50. The van der Waals surface area contributed by atoms with Gasteiger partial charge in [0.05, 0.1) is 11.7 Å². The van der Waals surface area contributed by atoms with Crippen LogP contribution in [0.3, 0.4) is 0 Å². The van der Waals surface area contributed by atoms with Crippen molar-refractivity contribution in [2.24, 2.45) is 0 Å². The quantitative estimate of drug-likeness (QED) is 0.842. The zero-order valence-corrected chi connectivity index (χ0v) is 11.7. The van der Waals surface area contributed by atoms with Crippen LogP contribution in [-0.4, -0.2) is 5.11 Å². The Hall–Kier alpha value is -2.03. The summed E-state index contributed by atoms with van der Waals surface area (Å²) in [6.07, 6.45) is 0.863. The fourth-order valence-electron chi connectivity index (χ4n) is 3.24. The molecule has 2 N–H and O–H groups in total. The smallest absolute Gasteiger partial charge is 0.146 e. The van der Waals surface area contributed by atoms with Crippen molar-refractivity contribution in [2.75, 3.05) is 5.32 Å². The summed E-state index contributed by atoms with van der Waals surface area (Å²) in [5, 5.41) is 13.4. The van der Waals surface area contributed by atoms with Crippen LogP contribution in [0.2, 0.25) is 0 Å². The summed E-state index contributed by atoms with van der Waals surface area (Å²) in [4.78, 5) is 0. The fourth-order valence-corrected chi connectivity index (χ4v) is 3.24. The van der Waals surface area contributed by atoms with Crippen LogP contribution in [0.4, 0.5) is 10.1 Å². The van der Waals surface area contributed by atoms with Gasteiger partial charge in [0.2, 0.25) is 0 Å². The predicted molar refractivity (Wildman–Crippen MR) is 78.6 cm³/mol. The average molecular weight is 271 g/mol. The van der Waals surface area contributed by atoms with Crippen molar-refractivity contribution >= 4 is 5.69 Å². The number of benzene rings is 2. The van der Waals surface area contributed by atoms with E-state index in [1.165, 1.54) is 17.2 Å². The molecule has 0 heterocycles. The van der Waals surface area contributed by atoms with E-state index < -0.39 is 0 Å². The highest BCUT2D eigenvalue weighted by atomic mass is 19.1. The maximum absolute atomic E-state index is 13.8. The Morgan fingerprint density at radius 1 is 1.15 bits per heavy atom. The third-order valence-corrected chi connectivity index (χ3v) is 4.12. The molecule has 0 spiro atoms. The molecule has 2 aromatic rings.